The highest BCUT2D eigenvalue weighted by Gasteiger charge is 2.14. The fraction of sp³-hybridized carbons (Fsp3) is 0.0714. The number of rotatable bonds is 2. The number of hydrogen-bond donors (Lipinski definition) is 1. The van der Waals surface area contributed by atoms with Crippen molar-refractivity contribution in [3.8, 4) is 22.4 Å². The second-order valence-electron chi connectivity index (χ2n) is 4.21. The molecule has 5 heteroatoms. The van der Waals surface area contributed by atoms with Crippen molar-refractivity contribution < 1.29 is 4.39 Å². The van der Waals surface area contributed by atoms with E-state index in [9.17, 15) is 4.39 Å². The Labute approximate surface area is 109 Å². The number of hydrogen-bond acceptors (Lipinski definition) is 3. The number of aryl methyl sites for hydroxylation is 1. The van der Waals surface area contributed by atoms with E-state index < -0.39 is 0 Å². The van der Waals surface area contributed by atoms with E-state index in [2.05, 4.69) is 20.2 Å². The Morgan fingerprint density at radius 3 is 2.37 bits per heavy atom. The van der Waals surface area contributed by atoms with Gasteiger partial charge in [0.25, 0.3) is 0 Å². The van der Waals surface area contributed by atoms with Crippen molar-refractivity contribution in [3.05, 3.63) is 54.5 Å². The van der Waals surface area contributed by atoms with Crippen molar-refractivity contribution in [1.82, 2.24) is 20.2 Å². The molecule has 94 valence electrons. The molecule has 2 aromatic heterocycles. The van der Waals surface area contributed by atoms with E-state index in [1.807, 2.05) is 6.92 Å². The number of nitrogens with one attached hydrogen (secondary N) is 1. The Kier molecular flexibility index (Phi) is 2.79. The average Bonchev–Trinajstić information content (AvgIpc) is 2.82. The molecule has 1 N–H and O–H groups in total. The van der Waals surface area contributed by atoms with Crippen molar-refractivity contribution in [2.45, 2.75) is 6.92 Å². The molecular weight excluding hydrogens is 243 g/mol. The van der Waals surface area contributed by atoms with E-state index in [1.165, 1.54) is 18.5 Å². The zero-order chi connectivity index (χ0) is 13.2. The lowest BCUT2D eigenvalue weighted by molar-refractivity contribution is 0.628. The number of halogens is 1. The van der Waals surface area contributed by atoms with Gasteiger partial charge >= 0.3 is 0 Å². The zero-order valence-corrected chi connectivity index (χ0v) is 10.3. The molecule has 0 radical (unpaired) electrons. The summed E-state index contributed by atoms with van der Waals surface area (Å²) in [4.78, 5) is 8.04. The van der Waals surface area contributed by atoms with Gasteiger partial charge in [0.05, 0.1) is 0 Å². The van der Waals surface area contributed by atoms with Crippen LogP contribution in [0, 0.1) is 12.7 Å². The van der Waals surface area contributed by atoms with E-state index in [0.29, 0.717) is 0 Å². The van der Waals surface area contributed by atoms with Crippen LogP contribution in [0.25, 0.3) is 22.4 Å². The second kappa shape index (κ2) is 4.61. The minimum atomic E-state index is -0.263. The van der Waals surface area contributed by atoms with Gasteiger partial charge in [-0.1, -0.05) is 0 Å². The predicted octanol–water partition coefficient (Wildman–Crippen LogP) is 2.98. The zero-order valence-electron chi connectivity index (χ0n) is 10.3. The molecule has 0 unspecified atom stereocenters. The third-order valence-electron chi connectivity index (χ3n) is 2.91. The van der Waals surface area contributed by atoms with Gasteiger partial charge in [0, 0.05) is 34.8 Å². The third kappa shape index (κ3) is 2.10. The van der Waals surface area contributed by atoms with Gasteiger partial charge in [-0.15, -0.1) is 0 Å². The van der Waals surface area contributed by atoms with Crippen molar-refractivity contribution in [1.29, 1.82) is 0 Å². The fourth-order valence-electron chi connectivity index (χ4n) is 2.03. The summed E-state index contributed by atoms with van der Waals surface area (Å²) in [7, 11) is 0. The van der Waals surface area contributed by atoms with Gasteiger partial charge in [-0.25, -0.2) is 14.4 Å². The van der Waals surface area contributed by atoms with Crippen LogP contribution in [0.15, 0.2) is 43.0 Å². The Bertz CT molecular complexity index is 689. The second-order valence-corrected chi connectivity index (χ2v) is 4.21. The van der Waals surface area contributed by atoms with Crippen LogP contribution in [0.1, 0.15) is 5.69 Å². The number of aromatic nitrogens is 4. The SMILES string of the molecule is Cc1[nH]nc(-c2ccc(F)cc2)c1-c1cncnc1. The Morgan fingerprint density at radius 1 is 1.00 bits per heavy atom. The lowest BCUT2D eigenvalue weighted by Crippen LogP contribution is -1.87. The van der Waals surface area contributed by atoms with E-state index in [1.54, 1.807) is 24.5 Å². The summed E-state index contributed by atoms with van der Waals surface area (Å²) in [6.07, 6.45) is 4.95. The molecule has 0 spiro atoms. The van der Waals surface area contributed by atoms with Gasteiger partial charge in [-0.05, 0) is 31.2 Å². The molecule has 4 nitrogen and oxygen atoms in total. The number of nitrogens with zero attached hydrogens (tertiary/aromatic N) is 3. The first-order chi connectivity index (χ1) is 9.25. The lowest BCUT2D eigenvalue weighted by Gasteiger charge is -2.03. The standard InChI is InChI=1S/C14H11FN4/c1-9-13(11-6-16-8-17-7-11)14(19-18-9)10-2-4-12(15)5-3-10/h2-8H,1H3,(H,18,19). The number of H-pyrrole nitrogens is 1. The molecule has 0 atom stereocenters. The first-order valence-electron chi connectivity index (χ1n) is 5.82. The number of benzene rings is 1. The highest BCUT2D eigenvalue weighted by molar-refractivity contribution is 5.81. The Hall–Kier alpha value is -2.56. The van der Waals surface area contributed by atoms with Gasteiger partial charge in [0.1, 0.15) is 17.8 Å². The maximum Gasteiger partial charge on any atom is 0.123 e. The van der Waals surface area contributed by atoms with Crippen LogP contribution < -0.4 is 0 Å². The van der Waals surface area contributed by atoms with Gasteiger partial charge in [-0.3, -0.25) is 5.10 Å². The summed E-state index contributed by atoms with van der Waals surface area (Å²) in [5, 5.41) is 7.24. The van der Waals surface area contributed by atoms with Crippen LogP contribution in [0.4, 0.5) is 4.39 Å². The van der Waals surface area contributed by atoms with E-state index in [0.717, 1.165) is 28.1 Å². The quantitative estimate of drug-likeness (QED) is 0.764. The molecule has 1 aromatic carbocycles. The van der Waals surface area contributed by atoms with Gasteiger partial charge in [0.15, 0.2) is 0 Å². The first kappa shape index (κ1) is 11.5. The minimum absolute atomic E-state index is 0.263. The summed E-state index contributed by atoms with van der Waals surface area (Å²) < 4.78 is 13.0. The van der Waals surface area contributed by atoms with Crippen LogP contribution in [-0.4, -0.2) is 20.2 Å². The van der Waals surface area contributed by atoms with Crippen molar-refractivity contribution in [2.24, 2.45) is 0 Å². The topological polar surface area (TPSA) is 54.5 Å². The van der Waals surface area contributed by atoms with Gasteiger partial charge < -0.3 is 0 Å². The molecule has 0 bridgehead atoms. The predicted molar refractivity (Wildman–Crippen MR) is 69.7 cm³/mol. The largest absolute Gasteiger partial charge is 0.282 e. The van der Waals surface area contributed by atoms with Crippen molar-refractivity contribution in [2.75, 3.05) is 0 Å². The number of aromatic amines is 1. The first-order valence-corrected chi connectivity index (χ1v) is 5.82. The molecule has 0 aliphatic heterocycles. The lowest BCUT2D eigenvalue weighted by atomic mass is 10.0. The fourth-order valence-corrected chi connectivity index (χ4v) is 2.03. The van der Waals surface area contributed by atoms with Crippen LogP contribution in [-0.2, 0) is 0 Å². The molecule has 2 heterocycles. The van der Waals surface area contributed by atoms with Crippen molar-refractivity contribution >= 4 is 0 Å². The van der Waals surface area contributed by atoms with E-state index >= 15 is 0 Å². The minimum Gasteiger partial charge on any atom is -0.282 e. The highest BCUT2D eigenvalue weighted by Crippen LogP contribution is 2.31. The molecule has 0 aliphatic carbocycles. The molecule has 0 saturated carbocycles. The molecule has 19 heavy (non-hydrogen) atoms. The maximum atomic E-state index is 13.0. The summed E-state index contributed by atoms with van der Waals surface area (Å²) in [5.74, 6) is -0.263. The molecular formula is C14H11FN4. The maximum absolute atomic E-state index is 13.0. The van der Waals surface area contributed by atoms with Crippen LogP contribution in [0.3, 0.4) is 0 Å². The van der Waals surface area contributed by atoms with Gasteiger partial charge in [0.2, 0.25) is 0 Å². The van der Waals surface area contributed by atoms with E-state index in [4.69, 9.17) is 0 Å². The molecule has 0 amide bonds. The summed E-state index contributed by atoms with van der Waals surface area (Å²) in [6.45, 7) is 1.93. The normalized spacial score (nSPS) is 10.6. The summed E-state index contributed by atoms with van der Waals surface area (Å²) in [6, 6.07) is 6.26. The summed E-state index contributed by atoms with van der Waals surface area (Å²) >= 11 is 0. The average molecular weight is 254 g/mol. The third-order valence-corrected chi connectivity index (χ3v) is 2.91. The smallest absolute Gasteiger partial charge is 0.123 e. The molecule has 3 aromatic rings. The van der Waals surface area contributed by atoms with Gasteiger partial charge in [-0.2, -0.15) is 5.10 Å². The Balaban J connectivity index is 2.16. The van der Waals surface area contributed by atoms with Crippen LogP contribution >= 0.6 is 0 Å². The van der Waals surface area contributed by atoms with Crippen LogP contribution in [0.2, 0.25) is 0 Å². The highest BCUT2D eigenvalue weighted by atomic mass is 19.1. The monoisotopic (exact) mass is 254 g/mol. The molecule has 3 rings (SSSR count). The Morgan fingerprint density at radius 2 is 1.68 bits per heavy atom. The summed E-state index contributed by atoms with van der Waals surface area (Å²) in [5.41, 5.74) is 4.37. The van der Waals surface area contributed by atoms with Crippen molar-refractivity contribution in [3.63, 3.8) is 0 Å². The molecule has 0 aliphatic rings. The molecule has 0 saturated heterocycles. The van der Waals surface area contributed by atoms with E-state index in [-0.39, 0.29) is 5.82 Å². The van der Waals surface area contributed by atoms with Crippen LogP contribution in [0.5, 0.6) is 0 Å². The molecule has 0 fully saturated rings.